The fraction of sp³-hybridized carbons (Fsp3) is 0.577. The number of nitrogens with zero attached hydrogens (tertiary/aromatic N) is 5. The Balaban J connectivity index is 1.47. The van der Waals surface area contributed by atoms with Gasteiger partial charge >= 0.3 is 0 Å². The number of rotatable bonds is 8. The zero-order valence-electron chi connectivity index (χ0n) is 21.4. The van der Waals surface area contributed by atoms with Crippen LogP contribution in [0.3, 0.4) is 0 Å². The lowest BCUT2D eigenvalue weighted by Gasteiger charge is -2.29. The van der Waals surface area contributed by atoms with E-state index in [0.29, 0.717) is 31.9 Å². The van der Waals surface area contributed by atoms with Crippen LogP contribution in [0.15, 0.2) is 35.4 Å². The third-order valence-corrected chi connectivity index (χ3v) is 9.45. The Labute approximate surface area is 218 Å². The summed E-state index contributed by atoms with van der Waals surface area (Å²) in [7, 11) is -3.57. The number of fused-ring (bicyclic) bond motifs is 1. The van der Waals surface area contributed by atoms with E-state index in [1.165, 1.54) is 4.31 Å². The fourth-order valence-corrected chi connectivity index (χ4v) is 6.68. The van der Waals surface area contributed by atoms with Crippen molar-refractivity contribution in [2.45, 2.75) is 81.4 Å². The predicted molar refractivity (Wildman–Crippen MR) is 144 cm³/mol. The topological polar surface area (TPSA) is 139 Å². The van der Waals surface area contributed by atoms with Gasteiger partial charge in [-0.2, -0.15) is 14.4 Å². The molecule has 5 rings (SSSR count). The summed E-state index contributed by atoms with van der Waals surface area (Å²) in [6, 6.07) is 7.14. The highest BCUT2D eigenvalue weighted by Gasteiger charge is 2.29. The average Bonchev–Trinajstić information content (AvgIpc) is 3.28. The van der Waals surface area contributed by atoms with Crippen molar-refractivity contribution in [1.29, 1.82) is 0 Å². The first-order chi connectivity index (χ1) is 17.9. The Morgan fingerprint density at radius 3 is 2.46 bits per heavy atom. The molecule has 3 aromatic rings. The number of hydrogen-bond acceptors (Lipinski definition) is 8. The Morgan fingerprint density at radius 1 is 1.08 bits per heavy atom. The van der Waals surface area contributed by atoms with E-state index in [0.717, 1.165) is 67.4 Å². The van der Waals surface area contributed by atoms with Crippen LogP contribution in [0.2, 0.25) is 0 Å². The number of piperidine rings is 1. The number of aromatic nitrogens is 4. The minimum Gasteiger partial charge on any atom is -0.393 e. The van der Waals surface area contributed by atoms with Crippen LogP contribution in [0.4, 0.5) is 5.95 Å². The lowest BCUT2D eigenvalue weighted by molar-refractivity contribution is 0.109. The molecule has 4 N–H and O–H groups in total. The maximum Gasteiger partial charge on any atom is 0.243 e. The first kappa shape index (κ1) is 26.0. The second-order valence-corrected chi connectivity index (χ2v) is 12.2. The molecule has 1 saturated heterocycles. The summed E-state index contributed by atoms with van der Waals surface area (Å²) in [6.07, 6.45) is 8.14. The third-order valence-electron chi connectivity index (χ3n) is 7.54. The molecular weight excluding hydrogens is 490 g/mol. The van der Waals surface area contributed by atoms with Crippen molar-refractivity contribution >= 4 is 27.0 Å². The molecule has 2 aliphatic rings. The Kier molecular flexibility index (Phi) is 7.75. The van der Waals surface area contributed by atoms with Gasteiger partial charge in [0.25, 0.3) is 0 Å². The van der Waals surface area contributed by atoms with Gasteiger partial charge in [-0.15, -0.1) is 0 Å². The normalized spacial score (nSPS) is 21.9. The van der Waals surface area contributed by atoms with E-state index in [4.69, 9.17) is 15.8 Å². The first-order valence-corrected chi connectivity index (χ1v) is 14.8. The zero-order chi connectivity index (χ0) is 26.0. The van der Waals surface area contributed by atoms with Crippen molar-refractivity contribution in [1.82, 2.24) is 24.1 Å². The van der Waals surface area contributed by atoms with Crippen LogP contribution in [0.5, 0.6) is 0 Å². The smallest absolute Gasteiger partial charge is 0.243 e. The monoisotopic (exact) mass is 527 g/mol. The number of aliphatic hydroxyl groups excluding tert-OH is 1. The number of benzene rings is 1. The molecule has 1 aromatic carbocycles. The molecule has 11 heteroatoms. The third kappa shape index (κ3) is 5.50. The molecule has 0 unspecified atom stereocenters. The first-order valence-electron chi connectivity index (χ1n) is 13.4. The lowest BCUT2D eigenvalue weighted by atomic mass is 9.93. The van der Waals surface area contributed by atoms with Gasteiger partial charge in [-0.25, -0.2) is 18.1 Å². The van der Waals surface area contributed by atoms with Crippen molar-refractivity contribution in [3.63, 3.8) is 0 Å². The maximum absolute atomic E-state index is 13.2. The van der Waals surface area contributed by atoms with Gasteiger partial charge in [0.15, 0.2) is 5.65 Å². The van der Waals surface area contributed by atoms with E-state index in [1.807, 2.05) is 16.8 Å². The van der Waals surface area contributed by atoms with E-state index in [9.17, 15) is 13.5 Å². The molecule has 1 aliphatic carbocycles. The minimum atomic E-state index is -3.57. The van der Waals surface area contributed by atoms with Crippen molar-refractivity contribution < 1.29 is 13.5 Å². The second kappa shape index (κ2) is 11.0. The molecule has 1 aliphatic heterocycles. The summed E-state index contributed by atoms with van der Waals surface area (Å²) in [5.41, 5.74) is 8.26. The molecule has 0 bridgehead atoms. The van der Waals surface area contributed by atoms with Crippen molar-refractivity contribution in [2.24, 2.45) is 5.73 Å². The molecule has 0 spiro atoms. The molecule has 0 radical (unpaired) electrons. The Morgan fingerprint density at radius 2 is 1.78 bits per heavy atom. The minimum absolute atomic E-state index is 0.0641. The van der Waals surface area contributed by atoms with Crippen molar-refractivity contribution in [3.05, 3.63) is 30.5 Å². The van der Waals surface area contributed by atoms with Gasteiger partial charge < -0.3 is 16.2 Å². The number of hydrogen-bond donors (Lipinski definition) is 3. The molecule has 1 saturated carbocycles. The van der Waals surface area contributed by atoms with Crippen LogP contribution in [0.1, 0.15) is 64.3 Å². The maximum atomic E-state index is 13.2. The largest absolute Gasteiger partial charge is 0.393 e. The van der Waals surface area contributed by atoms with Gasteiger partial charge in [0.1, 0.15) is 5.69 Å². The van der Waals surface area contributed by atoms with E-state index in [-0.39, 0.29) is 23.1 Å². The molecule has 0 amide bonds. The molecule has 0 atom stereocenters. The summed E-state index contributed by atoms with van der Waals surface area (Å²) in [5, 5.41) is 19.1. The quantitative estimate of drug-likeness (QED) is 0.379. The molecule has 10 nitrogen and oxygen atoms in total. The van der Waals surface area contributed by atoms with Crippen molar-refractivity contribution in [3.8, 4) is 11.3 Å². The fourth-order valence-electron chi connectivity index (χ4n) is 5.21. The van der Waals surface area contributed by atoms with E-state index >= 15 is 0 Å². The van der Waals surface area contributed by atoms with Crippen LogP contribution in [0.25, 0.3) is 22.3 Å². The Hall–Kier alpha value is -2.60. The Bertz CT molecular complexity index is 1310. The molecular formula is C26H37N7O3S. The summed E-state index contributed by atoms with van der Waals surface area (Å²) in [4.78, 5) is 9.62. The molecule has 200 valence electrons. The average molecular weight is 528 g/mol. The highest BCUT2D eigenvalue weighted by Crippen LogP contribution is 2.35. The van der Waals surface area contributed by atoms with E-state index in [2.05, 4.69) is 17.2 Å². The van der Waals surface area contributed by atoms with Crippen LogP contribution in [-0.4, -0.2) is 69.4 Å². The van der Waals surface area contributed by atoms with Crippen LogP contribution in [-0.2, 0) is 10.0 Å². The van der Waals surface area contributed by atoms with Gasteiger partial charge in [0.05, 0.1) is 22.4 Å². The van der Waals surface area contributed by atoms with Crippen LogP contribution >= 0.6 is 0 Å². The van der Waals surface area contributed by atoms with E-state index in [1.54, 1.807) is 18.3 Å². The zero-order valence-corrected chi connectivity index (χ0v) is 22.2. The highest BCUT2D eigenvalue weighted by atomic mass is 32.2. The SMILES string of the molecule is CCCCNc1ncc2c(-c3ccc(S(=O)(=O)N4CCC(N)CC4)cc3)nn(C3CCC(O)CC3)c2n1. The highest BCUT2D eigenvalue weighted by molar-refractivity contribution is 7.89. The molecule has 2 fully saturated rings. The number of sulfonamides is 1. The number of nitrogens with one attached hydrogen (secondary N) is 1. The lowest BCUT2D eigenvalue weighted by Crippen LogP contribution is -2.42. The van der Waals surface area contributed by atoms with Crippen LogP contribution in [0, 0.1) is 0 Å². The van der Waals surface area contributed by atoms with Gasteiger partial charge in [-0.3, -0.25) is 0 Å². The van der Waals surface area contributed by atoms with Gasteiger partial charge in [0.2, 0.25) is 16.0 Å². The van der Waals surface area contributed by atoms with E-state index < -0.39 is 10.0 Å². The molecule has 2 aromatic heterocycles. The van der Waals surface area contributed by atoms with Crippen LogP contribution < -0.4 is 11.1 Å². The van der Waals surface area contributed by atoms with Gasteiger partial charge in [-0.05, 0) is 57.1 Å². The molecule has 37 heavy (non-hydrogen) atoms. The summed E-state index contributed by atoms with van der Waals surface area (Å²) in [5.74, 6) is 0.576. The number of aliphatic hydroxyl groups is 1. The number of anilines is 1. The standard InChI is InChI=1S/C26H37N7O3S/c1-2-3-14-28-26-29-17-23-24(31-33(25(23)30-26)20-6-8-21(34)9-7-20)18-4-10-22(11-5-18)37(35,36)32-15-12-19(27)13-16-32/h4-5,10-11,17,19-21,34H,2-3,6-9,12-16,27H2,1H3,(H,28,29,30). The second-order valence-electron chi connectivity index (χ2n) is 10.2. The summed E-state index contributed by atoms with van der Waals surface area (Å²) in [6.45, 7) is 3.84. The summed E-state index contributed by atoms with van der Waals surface area (Å²) >= 11 is 0. The van der Waals surface area contributed by atoms with Gasteiger partial charge in [-0.1, -0.05) is 25.5 Å². The molecule has 3 heterocycles. The predicted octanol–water partition coefficient (Wildman–Crippen LogP) is 3.29. The number of unbranched alkanes of at least 4 members (excludes halogenated alkanes) is 1. The summed E-state index contributed by atoms with van der Waals surface area (Å²) < 4.78 is 29.8. The van der Waals surface area contributed by atoms with Gasteiger partial charge in [0, 0.05) is 37.4 Å². The number of nitrogens with two attached hydrogens (primary N) is 1. The van der Waals surface area contributed by atoms with Crippen molar-refractivity contribution in [2.75, 3.05) is 25.0 Å².